The van der Waals surface area contributed by atoms with E-state index >= 15 is 0 Å². The molecule has 2 atom stereocenters. The molecule has 1 aromatic carbocycles. The molecule has 110 valence electrons. The molecule has 1 aromatic rings. The van der Waals surface area contributed by atoms with Crippen LogP contribution in [0.3, 0.4) is 0 Å². The third kappa shape index (κ3) is 2.70. The highest BCUT2D eigenvalue weighted by molar-refractivity contribution is 7.89. The Labute approximate surface area is 129 Å². The summed E-state index contributed by atoms with van der Waals surface area (Å²) in [5.74, 6) is 0. The molecule has 2 saturated heterocycles. The number of sulfonamides is 1. The lowest BCUT2D eigenvalue weighted by atomic mass is 10.1. The Kier molecular flexibility index (Phi) is 3.99. The van der Waals surface area contributed by atoms with Gasteiger partial charge in [0.05, 0.1) is 5.02 Å². The van der Waals surface area contributed by atoms with Crippen LogP contribution in [0.4, 0.5) is 0 Å². The normalized spacial score (nSPS) is 27.5. The lowest BCUT2D eigenvalue weighted by Gasteiger charge is -2.24. The second kappa shape index (κ2) is 5.46. The van der Waals surface area contributed by atoms with Gasteiger partial charge in [-0.25, -0.2) is 8.42 Å². The topological polar surface area (TPSA) is 49.4 Å². The zero-order valence-electron chi connectivity index (χ0n) is 10.9. The number of benzene rings is 1. The first-order valence-corrected chi connectivity index (χ1v) is 8.87. The van der Waals surface area contributed by atoms with Crippen LogP contribution in [0, 0.1) is 0 Å². The maximum absolute atomic E-state index is 12.7. The van der Waals surface area contributed by atoms with Crippen molar-refractivity contribution >= 4 is 33.2 Å². The van der Waals surface area contributed by atoms with Gasteiger partial charge in [-0.3, -0.25) is 0 Å². The van der Waals surface area contributed by atoms with Crippen molar-refractivity contribution in [3.8, 4) is 0 Å². The zero-order chi connectivity index (χ0) is 14.3. The summed E-state index contributed by atoms with van der Waals surface area (Å²) in [7, 11) is -3.55. The molecular formula is C13H16Cl2N2O2S. The van der Waals surface area contributed by atoms with Crippen molar-refractivity contribution in [3.63, 3.8) is 0 Å². The highest BCUT2D eigenvalue weighted by Crippen LogP contribution is 2.30. The first-order chi connectivity index (χ1) is 9.46. The van der Waals surface area contributed by atoms with Crippen LogP contribution in [0.25, 0.3) is 0 Å². The number of nitrogens with one attached hydrogen (secondary N) is 1. The molecule has 0 spiro atoms. The van der Waals surface area contributed by atoms with E-state index in [1.807, 2.05) is 0 Å². The molecule has 4 nitrogen and oxygen atoms in total. The highest BCUT2D eigenvalue weighted by atomic mass is 35.5. The molecule has 3 rings (SSSR count). The van der Waals surface area contributed by atoms with Crippen molar-refractivity contribution in [2.75, 3.05) is 13.1 Å². The van der Waals surface area contributed by atoms with Gasteiger partial charge in [0.25, 0.3) is 0 Å². The van der Waals surface area contributed by atoms with Crippen molar-refractivity contribution in [3.05, 3.63) is 28.2 Å². The molecule has 0 radical (unpaired) electrons. The minimum absolute atomic E-state index is 0.140. The van der Waals surface area contributed by atoms with Crippen molar-refractivity contribution in [2.24, 2.45) is 0 Å². The van der Waals surface area contributed by atoms with Crippen LogP contribution in [0.5, 0.6) is 0 Å². The summed E-state index contributed by atoms with van der Waals surface area (Å²) >= 11 is 11.9. The van der Waals surface area contributed by atoms with Gasteiger partial charge in [0.15, 0.2) is 0 Å². The first kappa shape index (κ1) is 14.6. The van der Waals surface area contributed by atoms with Crippen LogP contribution >= 0.6 is 23.2 Å². The SMILES string of the molecule is O=S(=O)(c1ccc(Cl)cc1Cl)N1CCC2CCC(C1)N2. The Bertz CT molecular complexity index is 621. The van der Waals surface area contributed by atoms with E-state index < -0.39 is 10.0 Å². The number of hydrogen-bond donors (Lipinski definition) is 1. The number of rotatable bonds is 2. The minimum Gasteiger partial charge on any atom is -0.310 e. The molecular weight excluding hydrogens is 319 g/mol. The summed E-state index contributed by atoms with van der Waals surface area (Å²) in [5.41, 5.74) is 0. The Morgan fingerprint density at radius 2 is 1.90 bits per heavy atom. The fraction of sp³-hybridized carbons (Fsp3) is 0.538. The molecule has 2 heterocycles. The predicted molar refractivity (Wildman–Crippen MR) is 79.8 cm³/mol. The third-order valence-corrected chi connectivity index (χ3v) is 6.58. The second-order valence-electron chi connectivity index (χ2n) is 5.36. The lowest BCUT2D eigenvalue weighted by Crippen LogP contribution is -2.39. The Morgan fingerprint density at radius 3 is 2.65 bits per heavy atom. The summed E-state index contributed by atoms with van der Waals surface area (Å²) in [6, 6.07) is 5.21. The van der Waals surface area contributed by atoms with Gasteiger partial charge in [0, 0.05) is 30.2 Å². The fourth-order valence-electron chi connectivity index (χ4n) is 2.95. The minimum atomic E-state index is -3.55. The van der Waals surface area contributed by atoms with Gasteiger partial charge < -0.3 is 5.32 Å². The van der Waals surface area contributed by atoms with Crippen molar-refractivity contribution in [1.82, 2.24) is 9.62 Å². The Balaban J connectivity index is 1.91. The lowest BCUT2D eigenvalue weighted by molar-refractivity contribution is 0.383. The van der Waals surface area contributed by atoms with Crippen molar-refractivity contribution in [1.29, 1.82) is 0 Å². The van der Waals surface area contributed by atoms with Crippen LogP contribution in [-0.2, 0) is 10.0 Å². The number of hydrogen-bond acceptors (Lipinski definition) is 3. The van der Waals surface area contributed by atoms with Crippen LogP contribution in [0.15, 0.2) is 23.1 Å². The molecule has 2 bridgehead atoms. The average molecular weight is 335 g/mol. The molecule has 2 fully saturated rings. The van der Waals surface area contributed by atoms with Crippen LogP contribution < -0.4 is 5.32 Å². The quantitative estimate of drug-likeness (QED) is 0.903. The van der Waals surface area contributed by atoms with Gasteiger partial charge in [0.1, 0.15) is 4.90 Å². The van der Waals surface area contributed by atoms with Crippen molar-refractivity contribution < 1.29 is 8.42 Å². The number of fused-ring (bicyclic) bond motifs is 2. The summed E-state index contributed by atoms with van der Waals surface area (Å²) in [6.07, 6.45) is 3.02. The monoisotopic (exact) mass is 334 g/mol. The maximum atomic E-state index is 12.7. The van der Waals surface area contributed by atoms with Crippen molar-refractivity contribution in [2.45, 2.75) is 36.2 Å². The molecule has 7 heteroatoms. The van der Waals surface area contributed by atoms with Gasteiger partial charge in [-0.2, -0.15) is 4.31 Å². The van der Waals surface area contributed by atoms with Crippen LogP contribution in [0.1, 0.15) is 19.3 Å². The molecule has 20 heavy (non-hydrogen) atoms. The van der Waals surface area contributed by atoms with Crippen LogP contribution in [-0.4, -0.2) is 37.9 Å². The maximum Gasteiger partial charge on any atom is 0.244 e. The smallest absolute Gasteiger partial charge is 0.244 e. The predicted octanol–water partition coefficient (Wildman–Crippen LogP) is 2.51. The standard InChI is InChI=1S/C13H16Cl2N2O2S/c14-9-1-4-13(12(15)7-9)20(18,19)17-6-5-10-2-3-11(8-17)16-10/h1,4,7,10-11,16H,2-3,5-6,8H2. The van der Waals surface area contributed by atoms with E-state index in [9.17, 15) is 8.42 Å². The van der Waals surface area contributed by atoms with Gasteiger partial charge >= 0.3 is 0 Å². The summed E-state index contributed by atoms with van der Waals surface area (Å²) in [4.78, 5) is 0.140. The van der Waals surface area contributed by atoms with Crippen LogP contribution in [0.2, 0.25) is 10.0 Å². The fourth-order valence-corrected chi connectivity index (χ4v) is 5.20. The second-order valence-corrected chi connectivity index (χ2v) is 8.11. The average Bonchev–Trinajstić information content (AvgIpc) is 2.67. The first-order valence-electron chi connectivity index (χ1n) is 6.68. The van der Waals surface area contributed by atoms with Gasteiger partial charge in [-0.1, -0.05) is 23.2 Å². The van der Waals surface area contributed by atoms with E-state index in [1.54, 1.807) is 10.4 Å². The molecule has 2 aliphatic rings. The number of halogens is 2. The Hall–Kier alpha value is -0.330. The zero-order valence-corrected chi connectivity index (χ0v) is 13.2. The Morgan fingerprint density at radius 1 is 1.15 bits per heavy atom. The van der Waals surface area contributed by atoms with E-state index in [2.05, 4.69) is 5.32 Å². The van der Waals surface area contributed by atoms with E-state index in [0.29, 0.717) is 24.2 Å². The summed E-state index contributed by atoms with van der Waals surface area (Å²) in [5, 5.41) is 4.09. The summed E-state index contributed by atoms with van der Waals surface area (Å²) < 4.78 is 27.0. The molecule has 2 unspecified atom stereocenters. The number of nitrogens with zero attached hydrogens (tertiary/aromatic N) is 1. The summed E-state index contributed by atoms with van der Waals surface area (Å²) in [6.45, 7) is 1.05. The van der Waals surface area contributed by atoms with E-state index in [4.69, 9.17) is 23.2 Å². The van der Waals surface area contributed by atoms with Gasteiger partial charge in [0.2, 0.25) is 10.0 Å². The molecule has 0 aromatic heterocycles. The van der Waals surface area contributed by atoms with Gasteiger partial charge in [-0.05, 0) is 37.5 Å². The van der Waals surface area contributed by atoms with E-state index in [0.717, 1.165) is 19.3 Å². The highest BCUT2D eigenvalue weighted by Gasteiger charge is 2.35. The van der Waals surface area contributed by atoms with E-state index in [-0.39, 0.29) is 16.0 Å². The molecule has 0 saturated carbocycles. The molecule has 2 aliphatic heterocycles. The van der Waals surface area contributed by atoms with E-state index in [1.165, 1.54) is 12.1 Å². The van der Waals surface area contributed by atoms with Gasteiger partial charge in [-0.15, -0.1) is 0 Å². The molecule has 1 N–H and O–H groups in total. The third-order valence-electron chi connectivity index (χ3n) is 4.00. The molecule has 0 amide bonds. The molecule has 0 aliphatic carbocycles. The largest absolute Gasteiger partial charge is 0.310 e.